The van der Waals surface area contributed by atoms with Crippen molar-refractivity contribution in [2.24, 2.45) is 5.92 Å². The molecule has 1 heterocycles. The van der Waals surface area contributed by atoms with Crippen molar-refractivity contribution >= 4 is 12.2 Å². The lowest BCUT2D eigenvalue weighted by molar-refractivity contribution is 0.635. The topological polar surface area (TPSA) is 48.6 Å². The van der Waals surface area contributed by atoms with Gasteiger partial charge in [0, 0.05) is 11.3 Å². The van der Waals surface area contributed by atoms with Crippen molar-refractivity contribution in [3.63, 3.8) is 0 Å². The summed E-state index contributed by atoms with van der Waals surface area (Å²) in [5, 5.41) is 0. The van der Waals surface area contributed by atoms with Gasteiger partial charge in [-0.05, 0) is 31.5 Å². The second kappa shape index (κ2) is 3.87. The number of aromatic nitrogens is 2. The van der Waals surface area contributed by atoms with Gasteiger partial charge in [-0.3, -0.25) is 9.78 Å². The van der Waals surface area contributed by atoms with E-state index in [2.05, 4.69) is 23.8 Å². The predicted octanol–water partition coefficient (Wildman–Crippen LogP) is 1.94. The number of aryl methyl sites for hydroxylation is 1. The van der Waals surface area contributed by atoms with E-state index in [1.807, 2.05) is 6.92 Å². The average Bonchev–Trinajstić information content (AvgIpc) is 1.96. The molecule has 1 aromatic rings. The minimum absolute atomic E-state index is 0.0602. The first-order valence-corrected chi connectivity index (χ1v) is 4.73. The first-order valence-electron chi connectivity index (χ1n) is 4.32. The van der Waals surface area contributed by atoms with Crippen LogP contribution in [0.5, 0.6) is 0 Å². The second-order valence-electron chi connectivity index (χ2n) is 3.61. The first kappa shape index (κ1) is 10.2. The Morgan fingerprint density at radius 2 is 2.00 bits per heavy atom. The normalized spacial score (nSPS) is 10.8. The molecule has 1 rings (SSSR count). The fourth-order valence-electron chi connectivity index (χ4n) is 1.28. The van der Waals surface area contributed by atoms with Gasteiger partial charge in [0.15, 0.2) is 4.77 Å². The van der Waals surface area contributed by atoms with Gasteiger partial charge in [-0.15, -0.1) is 0 Å². The Balaban J connectivity index is 3.22. The maximum Gasteiger partial charge on any atom is 0.255 e. The molecule has 0 saturated carbocycles. The van der Waals surface area contributed by atoms with Crippen LogP contribution in [0.3, 0.4) is 0 Å². The summed E-state index contributed by atoms with van der Waals surface area (Å²) >= 11 is 4.85. The van der Waals surface area contributed by atoms with Crippen LogP contribution in [0, 0.1) is 17.6 Å². The summed E-state index contributed by atoms with van der Waals surface area (Å²) in [5.41, 5.74) is 1.63. The molecular weight excluding hydrogens is 184 g/mol. The first-order chi connectivity index (χ1) is 6.00. The zero-order chi connectivity index (χ0) is 10.0. The third-order valence-electron chi connectivity index (χ3n) is 1.87. The number of hydrogen-bond donors (Lipinski definition) is 2. The fraction of sp³-hybridized carbons (Fsp3) is 0.556. The molecule has 0 radical (unpaired) electrons. The molecular formula is C9H14N2OS. The van der Waals surface area contributed by atoms with Crippen molar-refractivity contribution in [1.82, 2.24) is 9.97 Å². The lowest BCUT2D eigenvalue weighted by Crippen LogP contribution is -2.18. The predicted molar refractivity (Wildman–Crippen MR) is 55.5 cm³/mol. The van der Waals surface area contributed by atoms with Gasteiger partial charge in [-0.1, -0.05) is 13.8 Å². The van der Waals surface area contributed by atoms with E-state index in [4.69, 9.17) is 12.2 Å². The summed E-state index contributed by atoms with van der Waals surface area (Å²) in [5.74, 6) is 0.476. The minimum Gasteiger partial charge on any atom is -0.336 e. The molecule has 0 aliphatic heterocycles. The molecule has 0 fully saturated rings. The Morgan fingerprint density at radius 1 is 1.38 bits per heavy atom. The molecule has 3 nitrogen and oxygen atoms in total. The lowest BCUT2D eigenvalue weighted by atomic mass is 10.0. The molecule has 0 aromatic carbocycles. The standard InChI is InChI=1S/C9H14N2OS/c1-5(2)4-7-6(3)10-9(13)11-8(7)12/h5H,4H2,1-3H3,(H2,10,11,12,13). The molecule has 0 aliphatic carbocycles. The van der Waals surface area contributed by atoms with Crippen LogP contribution >= 0.6 is 12.2 Å². The zero-order valence-corrected chi connectivity index (χ0v) is 8.92. The molecule has 1 aromatic heterocycles. The van der Waals surface area contributed by atoms with Crippen LogP contribution in [-0.2, 0) is 6.42 Å². The molecule has 2 N–H and O–H groups in total. The van der Waals surface area contributed by atoms with Crippen LogP contribution in [0.1, 0.15) is 25.1 Å². The largest absolute Gasteiger partial charge is 0.336 e. The number of nitrogens with one attached hydrogen (secondary N) is 2. The van der Waals surface area contributed by atoms with Gasteiger partial charge in [0.25, 0.3) is 5.56 Å². The van der Waals surface area contributed by atoms with E-state index in [1.165, 1.54) is 0 Å². The third-order valence-corrected chi connectivity index (χ3v) is 2.07. The van der Waals surface area contributed by atoms with Crippen LogP contribution < -0.4 is 5.56 Å². The van der Waals surface area contributed by atoms with Gasteiger partial charge in [-0.2, -0.15) is 0 Å². The number of rotatable bonds is 2. The maximum absolute atomic E-state index is 11.5. The van der Waals surface area contributed by atoms with E-state index >= 15 is 0 Å². The van der Waals surface area contributed by atoms with E-state index in [0.717, 1.165) is 17.7 Å². The number of hydrogen-bond acceptors (Lipinski definition) is 2. The Bertz CT molecular complexity index is 403. The van der Waals surface area contributed by atoms with Crippen molar-refractivity contribution in [1.29, 1.82) is 0 Å². The van der Waals surface area contributed by atoms with Crippen molar-refractivity contribution in [2.45, 2.75) is 27.2 Å². The zero-order valence-electron chi connectivity index (χ0n) is 8.10. The SMILES string of the molecule is Cc1[nH]c(=S)[nH]c(=O)c1CC(C)C. The molecule has 13 heavy (non-hydrogen) atoms. The van der Waals surface area contributed by atoms with E-state index in [-0.39, 0.29) is 5.56 Å². The highest BCUT2D eigenvalue weighted by atomic mass is 32.1. The van der Waals surface area contributed by atoms with Gasteiger partial charge < -0.3 is 4.98 Å². The van der Waals surface area contributed by atoms with Gasteiger partial charge in [0.2, 0.25) is 0 Å². The van der Waals surface area contributed by atoms with Gasteiger partial charge in [0.1, 0.15) is 0 Å². The smallest absolute Gasteiger partial charge is 0.255 e. The monoisotopic (exact) mass is 198 g/mol. The molecule has 72 valence electrons. The van der Waals surface area contributed by atoms with Crippen LogP contribution in [-0.4, -0.2) is 9.97 Å². The van der Waals surface area contributed by atoms with E-state index < -0.39 is 0 Å². The van der Waals surface area contributed by atoms with Crippen LogP contribution in [0.2, 0.25) is 0 Å². The molecule has 0 spiro atoms. The number of H-pyrrole nitrogens is 2. The van der Waals surface area contributed by atoms with E-state index in [1.54, 1.807) is 0 Å². The molecule has 4 heteroatoms. The molecule has 0 bridgehead atoms. The van der Waals surface area contributed by atoms with Gasteiger partial charge in [0.05, 0.1) is 0 Å². The van der Waals surface area contributed by atoms with Crippen molar-refractivity contribution in [3.8, 4) is 0 Å². The molecule has 0 amide bonds. The Morgan fingerprint density at radius 3 is 2.46 bits per heavy atom. The Kier molecular flexibility index (Phi) is 3.03. The lowest BCUT2D eigenvalue weighted by Gasteiger charge is -2.06. The van der Waals surface area contributed by atoms with Crippen LogP contribution in [0.25, 0.3) is 0 Å². The fourth-order valence-corrected chi connectivity index (χ4v) is 1.53. The van der Waals surface area contributed by atoms with Crippen LogP contribution in [0.15, 0.2) is 4.79 Å². The maximum atomic E-state index is 11.5. The highest BCUT2D eigenvalue weighted by Crippen LogP contribution is 2.05. The quantitative estimate of drug-likeness (QED) is 0.713. The minimum atomic E-state index is -0.0602. The summed E-state index contributed by atoms with van der Waals surface area (Å²) in [6.45, 7) is 6.05. The molecule has 0 unspecified atom stereocenters. The third kappa shape index (κ3) is 2.52. The molecule has 0 aliphatic rings. The van der Waals surface area contributed by atoms with Crippen molar-refractivity contribution in [3.05, 3.63) is 26.4 Å². The Hall–Kier alpha value is -0.900. The highest BCUT2D eigenvalue weighted by Gasteiger charge is 2.06. The van der Waals surface area contributed by atoms with Gasteiger partial charge in [-0.25, -0.2) is 0 Å². The van der Waals surface area contributed by atoms with Crippen molar-refractivity contribution < 1.29 is 0 Å². The summed E-state index contributed by atoms with van der Waals surface area (Å²) in [6, 6.07) is 0. The van der Waals surface area contributed by atoms with E-state index in [0.29, 0.717) is 10.7 Å². The van der Waals surface area contributed by atoms with Gasteiger partial charge >= 0.3 is 0 Å². The Labute approximate surface area is 82.2 Å². The average molecular weight is 198 g/mol. The molecule has 0 saturated heterocycles. The van der Waals surface area contributed by atoms with E-state index in [9.17, 15) is 4.79 Å². The summed E-state index contributed by atoms with van der Waals surface area (Å²) in [4.78, 5) is 17.0. The summed E-state index contributed by atoms with van der Waals surface area (Å²) < 4.78 is 0.398. The molecule has 0 atom stereocenters. The summed E-state index contributed by atoms with van der Waals surface area (Å²) in [7, 11) is 0. The number of aromatic amines is 2. The summed E-state index contributed by atoms with van der Waals surface area (Å²) in [6.07, 6.45) is 0.785. The highest BCUT2D eigenvalue weighted by molar-refractivity contribution is 7.71. The van der Waals surface area contributed by atoms with Crippen molar-refractivity contribution in [2.75, 3.05) is 0 Å². The van der Waals surface area contributed by atoms with Crippen LogP contribution in [0.4, 0.5) is 0 Å². The second-order valence-corrected chi connectivity index (χ2v) is 4.02.